The highest BCUT2D eigenvalue weighted by Crippen LogP contribution is 2.20. The second kappa shape index (κ2) is 6.61. The molecule has 2 aromatic rings. The van der Waals surface area contributed by atoms with Crippen molar-refractivity contribution in [1.82, 2.24) is 9.78 Å². The summed E-state index contributed by atoms with van der Waals surface area (Å²) in [7, 11) is -3.81. The van der Waals surface area contributed by atoms with Crippen LogP contribution in [-0.4, -0.2) is 30.8 Å². The van der Waals surface area contributed by atoms with E-state index in [-0.39, 0.29) is 22.8 Å². The van der Waals surface area contributed by atoms with Gasteiger partial charge < -0.3 is 4.74 Å². The maximum Gasteiger partial charge on any atom is 0.340 e. The lowest BCUT2D eigenvalue weighted by Crippen LogP contribution is -2.16. The van der Waals surface area contributed by atoms with E-state index in [1.165, 1.54) is 29.2 Å². The minimum absolute atomic E-state index is 0.0352. The number of hydrogen-bond donors (Lipinski definition) is 1. The number of aromatic nitrogens is 2. The molecule has 0 radical (unpaired) electrons. The molecule has 118 valence electrons. The van der Waals surface area contributed by atoms with E-state index >= 15 is 0 Å². The van der Waals surface area contributed by atoms with Crippen LogP contribution in [-0.2, 0) is 21.3 Å². The van der Waals surface area contributed by atoms with Gasteiger partial charge in [0.05, 0.1) is 24.1 Å². The van der Waals surface area contributed by atoms with Crippen LogP contribution in [0.5, 0.6) is 0 Å². The van der Waals surface area contributed by atoms with Gasteiger partial charge in [-0.25, -0.2) is 13.2 Å². The standard InChI is InChI=1S/C14H17N3O4S/c1-3-17-10-11(9-15-17)22(19,20)16-13-8-6-5-7-12(13)14(18)21-4-2/h5-10,16H,3-4H2,1-2H3. The van der Waals surface area contributed by atoms with E-state index in [1.807, 2.05) is 6.92 Å². The maximum absolute atomic E-state index is 12.3. The van der Waals surface area contributed by atoms with Gasteiger partial charge in [-0.3, -0.25) is 9.40 Å². The molecule has 2 rings (SSSR count). The molecule has 0 saturated heterocycles. The first kappa shape index (κ1) is 16.0. The smallest absolute Gasteiger partial charge is 0.340 e. The number of nitrogens with one attached hydrogen (secondary N) is 1. The summed E-state index contributed by atoms with van der Waals surface area (Å²) in [5, 5.41) is 3.94. The number of nitrogens with zero attached hydrogens (tertiary/aromatic N) is 2. The summed E-state index contributed by atoms with van der Waals surface area (Å²) in [6, 6.07) is 6.29. The summed E-state index contributed by atoms with van der Waals surface area (Å²) in [4.78, 5) is 11.9. The van der Waals surface area contributed by atoms with E-state index in [1.54, 1.807) is 19.1 Å². The first-order chi connectivity index (χ1) is 10.5. The maximum atomic E-state index is 12.3. The molecule has 8 heteroatoms. The lowest BCUT2D eigenvalue weighted by Gasteiger charge is -2.10. The Hall–Kier alpha value is -2.35. The molecule has 0 spiro atoms. The van der Waals surface area contributed by atoms with Crippen molar-refractivity contribution < 1.29 is 17.9 Å². The molecule has 0 amide bonds. The first-order valence-electron chi connectivity index (χ1n) is 6.79. The number of esters is 1. The number of aryl methyl sites for hydroxylation is 1. The zero-order chi connectivity index (χ0) is 16.2. The fourth-order valence-electron chi connectivity index (χ4n) is 1.82. The third-order valence-electron chi connectivity index (χ3n) is 2.91. The van der Waals surface area contributed by atoms with Crippen LogP contribution < -0.4 is 4.72 Å². The molecule has 0 bridgehead atoms. The van der Waals surface area contributed by atoms with Gasteiger partial charge in [0.25, 0.3) is 10.0 Å². The summed E-state index contributed by atoms with van der Waals surface area (Å²) in [6.45, 7) is 4.31. The molecule has 0 fully saturated rings. The van der Waals surface area contributed by atoms with Crippen molar-refractivity contribution in [2.24, 2.45) is 0 Å². The SMILES string of the molecule is CCOC(=O)c1ccccc1NS(=O)(=O)c1cnn(CC)c1. The summed E-state index contributed by atoms with van der Waals surface area (Å²) >= 11 is 0. The van der Waals surface area contributed by atoms with Gasteiger partial charge in [-0.05, 0) is 26.0 Å². The van der Waals surface area contributed by atoms with E-state index < -0.39 is 16.0 Å². The number of benzene rings is 1. The van der Waals surface area contributed by atoms with Gasteiger partial charge in [-0.15, -0.1) is 0 Å². The number of carbonyl (C=O) groups is 1. The molecule has 7 nitrogen and oxygen atoms in total. The average Bonchev–Trinajstić information content (AvgIpc) is 2.97. The van der Waals surface area contributed by atoms with Crippen LogP contribution in [0.1, 0.15) is 24.2 Å². The quantitative estimate of drug-likeness (QED) is 0.820. The molecule has 0 atom stereocenters. The van der Waals surface area contributed by atoms with E-state index in [0.29, 0.717) is 6.54 Å². The van der Waals surface area contributed by atoms with Crippen LogP contribution in [0.4, 0.5) is 5.69 Å². The molecule has 22 heavy (non-hydrogen) atoms. The second-order valence-corrected chi connectivity index (χ2v) is 6.09. The van der Waals surface area contributed by atoms with Crippen LogP contribution in [0, 0.1) is 0 Å². The molecule has 0 aliphatic carbocycles. The number of sulfonamides is 1. The van der Waals surface area contributed by atoms with Gasteiger partial charge in [0.15, 0.2) is 0 Å². The summed E-state index contributed by atoms with van der Waals surface area (Å²) < 4.78 is 33.5. The zero-order valence-electron chi connectivity index (χ0n) is 12.3. The highest BCUT2D eigenvalue weighted by atomic mass is 32.2. The van der Waals surface area contributed by atoms with Gasteiger partial charge in [0.2, 0.25) is 0 Å². The Morgan fingerprint density at radius 3 is 2.68 bits per heavy atom. The predicted octanol–water partition coefficient (Wildman–Crippen LogP) is 1.88. The number of para-hydroxylation sites is 1. The van der Waals surface area contributed by atoms with Crippen LogP contribution in [0.15, 0.2) is 41.6 Å². The Balaban J connectivity index is 2.32. The van der Waals surface area contributed by atoms with Gasteiger partial charge in [-0.1, -0.05) is 12.1 Å². The highest BCUT2D eigenvalue weighted by Gasteiger charge is 2.20. The summed E-state index contributed by atoms with van der Waals surface area (Å²) in [5.74, 6) is -0.579. The van der Waals surface area contributed by atoms with E-state index in [0.717, 1.165) is 0 Å². The van der Waals surface area contributed by atoms with Crippen LogP contribution in [0.2, 0.25) is 0 Å². The third-order valence-corrected chi connectivity index (χ3v) is 4.23. The Morgan fingerprint density at radius 2 is 2.05 bits per heavy atom. The summed E-state index contributed by atoms with van der Waals surface area (Å²) in [6.07, 6.45) is 2.69. The van der Waals surface area contributed by atoms with Crippen molar-refractivity contribution in [3.8, 4) is 0 Å². The lowest BCUT2D eigenvalue weighted by atomic mass is 10.2. The van der Waals surface area contributed by atoms with Crippen molar-refractivity contribution in [1.29, 1.82) is 0 Å². The van der Waals surface area contributed by atoms with Crippen molar-refractivity contribution in [3.63, 3.8) is 0 Å². The Bertz CT molecular complexity index is 768. The Kier molecular flexibility index (Phi) is 4.81. The van der Waals surface area contributed by atoms with E-state index in [4.69, 9.17) is 4.74 Å². The van der Waals surface area contributed by atoms with Crippen molar-refractivity contribution in [2.75, 3.05) is 11.3 Å². The number of rotatable bonds is 6. The molecule has 1 N–H and O–H groups in total. The minimum atomic E-state index is -3.81. The number of hydrogen-bond acceptors (Lipinski definition) is 5. The van der Waals surface area contributed by atoms with Crippen LogP contribution in [0.3, 0.4) is 0 Å². The van der Waals surface area contributed by atoms with Crippen molar-refractivity contribution >= 4 is 21.7 Å². The van der Waals surface area contributed by atoms with E-state index in [2.05, 4.69) is 9.82 Å². The molecule has 0 saturated carbocycles. The predicted molar refractivity (Wildman–Crippen MR) is 81.1 cm³/mol. The Labute approximate surface area is 129 Å². The van der Waals surface area contributed by atoms with Gasteiger partial charge in [0.1, 0.15) is 4.90 Å². The monoisotopic (exact) mass is 323 g/mol. The molecule has 1 heterocycles. The van der Waals surface area contributed by atoms with E-state index in [9.17, 15) is 13.2 Å². The molecule has 1 aromatic carbocycles. The van der Waals surface area contributed by atoms with Gasteiger partial charge >= 0.3 is 5.97 Å². The zero-order valence-corrected chi connectivity index (χ0v) is 13.1. The number of carbonyl (C=O) groups excluding carboxylic acids is 1. The van der Waals surface area contributed by atoms with Gasteiger partial charge in [-0.2, -0.15) is 5.10 Å². The molecule has 0 aliphatic heterocycles. The van der Waals surface area contributed by atoms with Crippen molar-refractivity contribution in [3.05, 3.63) is 42.2 Å². The topological polar surface area (TPSA) is 90.3 Å². The molecule has 0 aliphatic rings. The largest absolute Gasteiger partial charge is 0.462 e. The molecular weight excluding hydrogens is 306 g/mol. The fourth-order valence-corrected chi connectivity index (χ4v) is 2.85. The van der Waals surface area contributed by atoms with Crippen LogP contribution >= 0.6 is 0 Å². The highest BCUT2D eigenvalue weighted by molar-refractivity contribution is 7.92. The fraction of sp³-hybridized carbons (Fsp3) is 0.286. The van der Waals surface area contributed by atoms with Gasteiger partial charge in [0, 0.05) is 12.7 Å². The molecular formula is C14H17N3O4S. The summed E-state index contributed by atoms with van der Waals surface area (Å²) in [5.41, 5.74) is 0.334. The number of ether oxygens (including phenoxy) is 1. The first-order valence-corrected chi connectivity index (χ1v) is 8.27. The van der Waals surface area contributed by atoms with Crippen LogP contribution in [0.25, 0.3) is 0 Å². The third kappa shape index (κ3) is 3.45. The average molecular weight is 323 g/mol. The second-order valence-electron chi connectivity index (χ2n) is 4.40. The normalized spacial score (nSPS) is 11.2. The Morgan fingerprint density at radius 1 is 1.32 bits per heavy atom. The molecule has 0 unspecified atom stereocenters. The lowest BCUT2D eigenvalue weighted by molar-refractivity contribution is 0.0527. The number of anilines is 1. The van der Waals surface area contributed by atoms with Crippen molar-refractivity contribution in [2.45, 2.75) is 25.3 Å². The molecule has 1 aromatic heterocycles. The minimum Gasteiger partial charge on any atom is -0.462 e.